The molecular formula is C8H16N4. The van der Waals surface area contributed by atoms with Gasteiger partial charge in [-0.2, -0.15) is 0 Å². The summed E-state index contributed by atoms with van der Waals surface area (Å²) in [5.74, 6) is 6.41. The third kappa shape index (κ3) is 1.65. The summed E-state index contributed by atoms with van der Waals surface area (Å²) in [7, 11) is 0. The lowest BCUT2D eigenvalue weighted by molar-refractivity contribution is 0.486. The van der Waals surface area contributed by atoms with Crippen LogP contribution in [0, 0.1) is 0 Å². The second kappa shape index (κ2) is 4.23. The Labute approximate surface area is 72.8 Å². The Morgan fingerprint density at radius 3 is 2.92 bits per heavy atom. The van der Waals surface area contributed by atoms with Crippen molar-refractivity contribution in [2.24, 2.45) is 5.84 Å². The number of hydrazine groups is 1. The third-order valence-electron chi connectivity index (χ3n) is 2.01. The van der Waals surface area contributed by atoms with Crippen LogP contribution in [0.25, 0.3) is 0 Å². The number of nitrogens with one attached hydrogen (secondary N) is 1. The smallest absolute Gasteiger partial charge is 0.127 e. The Balaban J connectivity index is 2.83. The molecule has 0 aliphatic carbocycles. The summed E-state index contributed by atoms with van der Waals surface area (Å²) in [6.45, 7) is 5.11. The van der Waals surface area contributed by atoms with Gasteiger partial charge in [0.05, 0.1) is 6.04 Å². The molecule has 0 bridgehead atoms. The van der Waals surface area contributed by atoms with E-state index in [0.717, 1.165) is 18.8 Å². The van der Waals surface area contributed by atoms with Crippen molar-refractivity contribution in [2.75, 3.05) is 0 Å². The minimum Gasteiger partial charge on any atom is -0.334 e. The van der Waals surface area contributed by atoms with Crippen LogP contribution in [-0.4, -0.2) is 9.55 Å². The van der Waals surface area contributed by atoms with Crippen LogP contribution in [0.4, 0.5) is 0 Å². The summed E-state index contributed by atoms with van der Waals surface area (Å²) >= 11 is 0. The summed E-state index contributed by atoms with van der Waals surface area (Å²) in [6.07, 6.45) is 4.72. The second-order valence-corrected chi connectivity index (χ2v) is 2.70. The molecule has 0 amide bonds. The molecule has 0 radical (unpaired) electrons. The van der Waals surface area contributed by atoms with E-state index >= 15 is 0 Å². The Morgan fingerprint density at radius 1 is 1.67 bits per heavy atom. The van der Waals surface area contributed by atoms with Gasteiger partial charge in [0.15, 0.2) is 0 Å². The minimum atomic E-state index is 0.167. The van der Waals surface area contributed by atoms with E-state index in [1.807, 2.05) is 6.20 Å². The molecule has 4 nitrogen and oxygen atoms in total. The molecule has 3 N–H and O–H groups in total. The van der Waals surface area contributed by atoms with Gasteiger partial charge in [-0.25, -0.2) is 10.4 Å². The summed E-state index contributed by atoms with van der Waals surface area (Å²) in [5, 5.41) is 0. The van der Waals surface area contributed by atoms with Crippen molar-refractivity contribution in [3.05, 3.63) is 18.2 Å². The molecule has 1 aromatic heterocycles. The fourth-order valence-electron chi connectivity index (χ4n) is 1.27. The first-order valence-electron chi connectivity index (χ1n) is 4.30. The van der Waals surface area contributed by atoms with E-state index in [0.29, 0.717) is 0 Å². The maximum Gasteiger partial charge on any atom is 0.127 e. The van der Waals surface area contributed by atoms with E-state index in [2.05, 4.69) is 28.8 Å². The molecular weight excluding hydrogens is 152 g/mol. The highest BCUT2D eigenvalue weighted by Crippen LogP contribution is 2.12. The molecule has 1 rings (SSSR count). The molecule has 4 heteroatoms. The van der Waals surface area contributed by atoms with Crippen molar-refractivity contribution >= 4 is 0 Å². The zero-order valence-electron chi connectivity index (χ0n) is 7.62. The minimum absolute atomic E-state index is 0.167. The summed E-state index contributed by atoms with van der Waals surface area (Å²) in [6, 6.07) is 0.167. The van der Waals surface area contributed by atoms with Gasteiger partial charge in [0.2, 0.25) is 0 Å². The van der Waals surface area contributed by atoms with Gasteiger partial charge in [0, 0.05) is 18.9 Å². The van der Waals surface area contributed by atoms with Crippen LogP contribution >= 0.6 is 0 Å². The highest BCUT2D eigenvalue weighted by molar-refractivity contribution is 4.98. The van der Waals surface area contributed by atoms with Crippen molar-refractivity contribution in [3.63, 3.8) is 0 Å². The highest BCUT2D eigenvalue weighted by atomic mass is 15.3. The van der Waals surface area contributed by atoms with Gasteiger partial charge in [-0.3, -0.25) is 5.84 Å². The lowest BCUT2D eigenvalue weighted by Crippen LogP contribution is -2.29. The number of rotatable bonds is 4. The molecule has 0 aromatic carbocycles. The van der Waals surface area contributed by atoms with Gasteiger partial charge >= 0.3 is 0 Å². The molecule has 0 saturated heterocycles. The fourth-order valence-corrected chi connectivity index (χ4v) is 1.27. The Morgan fingerprint density at radius 2 is 2.42 bits per heavy atom. The summed E-state index contributed by atoms with van der Waals surface area (Å²) in [4.78, 5) is 4.25. The zero-order valence-corrected chi connectivity index (χ0v) is 7.62. The molecule has 0 saturated carbocycles. The van der Waals surface area contributed by atoms with E-state index in [4.69, 9.17) is 5.84 Å². The molecule has 1 aromatic rings. The third-order valence-corrected chi connectivity index (χ3v) is 2.01. The monoisotopic (exact) mass is 168 g/mol. The van der Waals surface area contributed by atoms with E-state index < -0.39 is 0 Å². The summed E-state index contributed by atoms with van der Waals surface area (Å²) < 4.78 is 2.09. The Bertz CT molecular complexity index is 227. The number of aryl methyl sites for hydroxylation is 1. The Hall–Kier alpha value is -0.870. The number of nitrogens with two attached hydrogens (primary N) is 1. The Kier molecular flexibility index (Phi) is 3.25. The molecule has 12 heavy (non-hydrogen) atoms. The molecule has 68 valence electrons. The predicted octanol–water partition coefficient (Wildman–Crippen LogP) is 0.817. The van der Waals surface area contributed by atoms with Crippen LogP contribution in [-0.2, 0) is 6.54 Å². The molecule has 1 atom stereocenters. The van der Waals surface area contributed by atoms with E-state index in [-0.39, 0.29) is 6.04 Å². The summed E-state index contributed by atoms with van der Waals surface area (Å²) in [5.41, 5.74) is 2.75. The normalized spacial score (nSPS) is 13.2. The predicted molar refractivity (Wildman–Crippen MR) is 48.3 cm³/mol. The van der Waals surface area contributed by atoms with Gasteiger partial charge in [0.25, 0.3) is 0 Å². The van der Waals surface area contributed by atoms with Crippen molar-refractivity contribution < 1.29 is 0 Å². The number of aromatic nitrogens is 2. The zero-order chi connectivity index (χ0) is 8.97. The maximum absolute atomic E-state index is 5.39. The van der Waals surface area contributed by atoms with Gasteiger partial charge in [-0.15, -0.1) is 0 Å². The van der Waals surface area contributed by atoms with E-state index in [1.54, 1.807) is 6.20 Å². The number of imidazole rings is 1. The topological polar surface area (TPSA) is 55.9 Å². The fraction of sp³-hybridized carbons (Fsp3) is 0.625. The van der Waals surface area contributed by atoms with Crippen LogP contribution in [0.1, 0.15) is 32.1 Å². The highest BCUT2D eigenvalue weighted by Gasteiger charge is 2.11. The van der Waals surface area contributed by atoms with Crippen LogP contribution in [0.3, 0.4) is 0 Å². The largest absolute Gasteiger partial charge is 0.334 e. The van der Waals surface area contributed by atoms with Crippen molar-refractivity contribution in [2.45, 2.75) is 32.9 Å². The van der Waals surface area contributed by atoms with E-state index in [9.17, 15) is 0 Å². The first kappa shape index (κ1) is 9.22. The SMILES string of the molecule is CCC(NN)c1nccn1CC. The standard InChI is InChI=1S/C8H16N4/c1-3-7(11-9)8-10-5-6-12(8)4-2/h5-7,11H,3-4,9H2,1-2H3. The second-order valence-electron chi connectivity index (χ2n) is 2.70. The molecule has 0 spiro atoms. The first-order chi connectivity index (χ1) is 5.83. The lowest BCUT2D eigenvalue weighted by Gasteiger charge is -2.14. The van der Waals surface area contributed by atoms with Crippen LogP contribution in [0.15, 0.2) is 12.4 Å². The number of nitrogens with zero attached hydrogens (tertiary/aromatic N) is 2. The number of hydrogen-bond acceptors (Lipinski definition) is 3. The van der Waals surface area contributed by atoms with Gasteiger partial charge in [-0.1, -0.05) is 6.92 Å². The maximum atomic E-state index is 5.39. The quantitative estimate of drug-likeness (QED) is 0.517. The number of hydrogen-bond donors (Lipinski definition) is 2. The van der Waals surface area contributed by atoms with Crippen LogP contribution in [0.5, 0.6) is 0 Å². The molecule has 0 fully saturated rings. The van der Waals surface area contributed by atoms with Crippen molar-refractivity contribution in [1.82, 2.24) is 15.0 Å². The van der Waals surface area contributed by atoms with Crippen LogP contribution < -0.4 is 11.3 Å². The average molecular weight is 168 g/mol. The van der Waals surface area contributed by atoms with Crippen molar-refractivity contribution in [1.29, 1.82) is 0 Å². The van der Waals surface area contributed by atoms with Crippen molar-refractivity contribution in [3.8, 4) is 0 Å². The molecule has 1 unspecified atom stereocenters. The molecule has 0 aliphatic heterocycles. The molecule has 1 heterocycles. The van der Waals surface area contributed by atoms with Crippen LogP contribution in [0.2, 0.25) is 0 Å². The first-order valence-corrected chi connectivity index (χ1v) is 4.30. The van der Waals surface area contributed by atoms with Gasteiger partial charge in [-0.05, 0) is 13.3 Å². The lowest BCUT2D eigenvalue weighted by atomic mass is 10.2. The van der Waals surface area contributed by atoms with Gasteiger partial charge in [0.1, 0.15) is 5.82 Å². The molecule has 0 aliphatic rings. The average Bonchev–Trinajstić information content (AvgIpc) is 2.55. The van der Waals surface area contributed by atoms with Gasteiger partial charge < -0.3 is 4.57 Å². The van der Waals surface area contributed by atoms with E-state index in [1.165, 1.54) is 0 Å².